The summed E-state index contributed by atoms with van der Waals surface area (Å²) in [6.45, 7) is 0. The van der Waals surface area contributed by atoms with E-state index in [-0.39, 0.29) is 10.8 Å². The fraction of sp³-hybridized carbons (Fsp3) is 0. The Hall–Kier alpha value is -1.48. The smallest absolute Gasteiger partial charge is 0.256 e. The van der Waals surface area contributed by atoms with Crippen LogP contribution in [0, 0.1) is 0 Å². The molecule has 0 saturated carbocycles. The van der Waals surface area contributed by atoms with E-state index in [9.17, 15) is 13.2 Å². The van der Waals surface area contributed by atoms with E-state index in [1.165, 1.54) is 29.5 Å². The number of nitrogens with two attached hydrogens (primary N) is 1. The fourth-order valence-corrected chi connectivity index (χ4v) is 3.94. The molecule has 0 saturated heterocycles. The summed E-state index contributed by atoms with van der Waals surface area (Å²) >= 11 is 4.84. The molecule has 2 heterocycles. The zero-order chi connectivity index (χ0) is 15.2. The van der Waals surface area contributed by atoms with Crippen LogP contribution >= 0.6 is 27.3 Å². The lowest BCUT2D eigenvalue weighted by Crippen LogP contribution is -2.12. The van der Waals surface area contributed by atoms with Crippen LogP contribution in [0.15, 0.2) is 39.0 Å². The molecule has 1 aliphatic heterocycles. The molecule has 0 atom stereocenters. The highest BCUT2D eigenvalue weighted by Gasteiger charge is 2.26. The van der Waals surface area contributed by atoms with Crippen molar-refractivity contribution in [1.82, 2.24) is 0 Å². The van der Waals surface area contributed by atoms with Gasteiger partial charge in [0.05, 0.1) is 14.3 Å². The number of hydrogen-bond acceptors (Lipinski definition) is 4. The minimum absolute atomic E-state index is 0.0176. The van der Waals surface area contributed by atoms with Gasteiger partial charge in [-0.2, -0.15) is 0 Å². The van der Waals surface area contributed by atoms with Crippen LogP contribution < -0.4 is 10.5 Å². The summed E-state index contributed by atoms with van der Waals surface area (Å²) < 4.78 is 23.8. The number of sulfonamides is 1. The van der Waals surface area contributed by atoms with E-state index in [1.807, 2.05) is 12.1 Å². The van der Waals surface area contributed by atoms with Gasteiger partial charge >= 0.3 is 0 Å². The number of carbonyl (C=O) groups is 1. The number of nitrogens with one attached hydrogen (secondary N) is 1. The molecule has 1 aromatic carbocycles. The molecular weight excluding hydrogens is 376 g/mol. The quantitative estimate of drug-likeness (QED) is 0.779. The van der Waals surface area contributed by atoms with Gasteiger partial charge in [0.2, 0.25) is 10.0 Å². The third-order valence-corrected chi connectivity index (χ3v) is 5.46. The minimum atomic E-state index is -3.81. The molecule has 0 spiro atoms. The van der Waals surface area contributed by atoms with Crippen molar-refractivity contribution >= 4 is 60.5 Å². The topological polar surface area (TPSA) is 89.3 Å². The van der Waals surface area contributed by atoms with Crippen molar-refractivity contribution in [2.75, 3.05) is 5.32 Å². The highest BCUT2D eigenvalue weighted by molar-refractivity contribution is 9.11. The van der Waals surface area contributed by atoms with Crippen molar-refractivity contribution in [3.05, 3.63) is 44.6 Å². The largest absolute Gasteiger partial charge is 0.321 e. The van der Waals surface area contributed by atoms with Gasteiger partial charge in [0.1, 0.15) is 0 Å². The number of thiophene rings is 1. The van der Waals surface area contributed by atoms with Gasteiger partial charge in [-0.15, -0.1) is 11.3 Å². The number of primary sulfonamides is 1. The van der Waals surface area contributed by atoms with E-state index in [1.54, 1.807) is 6.08 Å². The van der Waals surface area contributed by atoms with Crippen molar-refractivity contribution in [2.45, 2.75) is 4.90 Å². The molecule has 0 radical (unpaired) electrons. The van der Waals surface area contributed by atoms with Gasteiger partial charge in [-0.25, -0.2) is 13.6 Å². The normalized spacial score (nSPS) is 16.1. The zero-order valence-electron chi connectivity index (χ0n) is 10.5. The van der Waals surface area contributed by atoms with Crippen LogP contribution in [0.1, 0.15) is 10.4 Å². The Morgan fingerprint density at radius 1 is 1.24 bits per heavy atom. The van der Waals surface area contributed by atoms with Crippen LogP contribution in [0.2, 0.25) is 0 Å². The summed E-state index contributed by atoms with van der Waals surface area (Å²) in [6.07, 6.45) is 1.73. The van der Waals surface area contributed by atoms with E-state index in [0.717, 1.165) is 8.66 Å². The number of amides is 1. The maximum absolute atomic E-state index is 12.0. The maximum atomic E-state index is 12.0. The number of benzene rings is 1. The summed E-state index contributed by atoms with van der Waals surface area (Å²) in [7, 11) is -3.81. The van der Waals surface area contributed by atoms with Crippen LogP contribution in [0.5, 0.6) is 0 Å². The molecule has 0 bridgehead atoms. The number of anilines is 1. The summed E-state index contributed by atoms with van der Waals surface area (Å²) in [5, 5.41) is 7.83. The Labute approximate surface area is 133 Å². The monoisotopic (exact) mass is 384 g/mol. The third kappa shape index (κ3) is 2.80. The predicted octanol–water partition coefficient (Wildman–Crippen LogP) is 2.65. The first kappa shape index (κ1) is 14.5. The van der Waals surface area contributed by atoms with Gasteiger partial charge in [0, 0.05) is 16.1 Å². The molecule has 3 rings (SSSR count). The number of rotatable bonds is 2. The van der Waals surface area contributed by atoms with E-state index in [2.05, 4.69) is 21.2 Å². The van der Waals surface area contributed by atoms with E-state index < -0.39 is 10.0 Å². The van der Waals surface area contributed by atoms with Crippen molar-refractivity contribution < 1.29 is 13.2 Å². The van der Waals surface area contributed by atoms with Crippen LogP contribution in [-0.4, -0.2) is 14.3 Å². The van der Waals surface area contributed by atoms with E-state index >= 15 is 0 Å². The summed E-state index contributed by atoms with van der Waals surface area (Å²) in [5.74, 6) is -0.263. The lowest BCUT2D eigenvalue weighted by Gasteiger charge is -2.02. The maximum Gasteiger partial charge on any atom is 0.256 e. The average molecular weight is 385 g/mol. The Bertz CT molecular complexity index is 885. The minimum Gasteiger partial charge on any atom is -0.321 e. The molecule has 108 valence electrons. The van der Waals surface area contributed by atoms with Crippen LogP contribution in [0.3, 0.4) is 0 Å². The van der Waals surface area contributed by atoms with E-state index in [4.69, 9.17) is 5.14 Å². The van der Waals surface area contributed by atoms with E-state index in [0.29, 0.717) is 16.8 Å². The van der Waals surface area contributed by atoms with Gasteiger partial charge in [0.25, 0.3) is 5.91 Å². The zero-order valence-corrected chi connectivity index (χ0v) is 13.7. The Balaban J connectivity index is 2.14. The van der Waals surface area contributed by atoms with Crippen molar-refractivity contribution in [2.24, 2.45) is 5.14 Å². The molecule has 5 nitrogen and oxygen atoms in total. The SMILES string of the molecule is NS(=O)(=O)c1ccc2c(c1)/C(=C\c1ccc(Br)s1)C(=O)N2. The number of hydrogen-bond donors (Lipinski definition) is 2. The molecule has 0 fully saturated rings. The molecule has 8 heteroatoms. The van der Waals surface area contributed by atoms with Crippen LogP contribution in [-0.2, 0) is 14.8 Å². The van der Waals surface area contributed by atoms with Crippen LogP contribution in [0.25, 0.3) is 11.6 Å². The first-order valence-electron chi connectivity index (χ1n) is 5.80. The van der Waals surface area contributed by atoms with Crippen molar-refractivity contribution in [3.8, 4) is 0 Å². The second-order valence-corrected chi connectivity index (χ2v) is 8.46. The summed E-state index contributed by atoms with van der Waals surface area (Å²) in [4.78, 5) is 12.9. The van der Waals surface area contributed by atoms with Crippen molar-refractivity contribution in [3.63, 3.8) is 0 Å². The first-order valence-corrected chi connectivity index (χ1v) is 8.96. The molecule has 3 N–H and O–H groups in total. The summed E-state index contributed by atoms with van der Waals surface area (Å²) in [6, 6.07) is 8.08. The number of fused-ring (bicyclic) bond motifs is 1. The number of carbonyl (C=O) groups excluding carboxylic acids is 1. The Morgan fingerprint density at radius 3 is 2.62 bits per heavy atom. The molecular formula is C13H9BrN2O3S2. The highest BCUT2D eigenvalue weighted by atomic mass is 79.9. The second kappa shape index (κ2) is 5.06. The fourth-order valence-electron chi connectivity index (χ4n) is 2.04. The van der Waals surface area contributed by atoms with Crippen molar-refractivity contribution in [1.29, 1.82) is 0 Å². The molecule has 0 aliphatic carbocycles. The van der Waals surface area contributed by atoms with Gasteiger partial charge < -0.3 is 5.32 Å². The number of halogens is 1. The van der Waals surface area contributed by atoms with Gasteiger partial charge in [-0.3, -0.25) is 4.79 Å². The molecule has 1 aliphatic rings. The average Bonchev–Trinajstić information content (AvgIpc) is 2.93. The lowest BCUT2D eigenvalue weighted by molar-refractivity contribution is -0.110. The predicted molar refractivity (Wildman–Crippen MR) is 86.3 cm³/mol. The van der Waals surface area contributed by atoms with Gasteiger partial charge in [0.15, 0.2) is 0 Å². The lowest BCUT2D eigenvalue weighted by atomic mass is 10.1. The molecule has 0 unspecified atom stereocenters. The standard InChI is InChI=1S/C13H9BrN2O3S2/c14-12-4-1-7(20-12)5-10-9-6-8(21(15,18)19)2-3-11(9)16-13(10)17/h1-6H,(H,16,17)(H2,15,18,19)/b10-5+. The third-order valence-electron chi connectivity index (χ3n) is 2.98. The van der Waals surface area contributed by atoms with Crippen LogP contribution in [0.4, 0.5) is 5.69 Å². The van der Waals surface area contributed by atoms with Gasteiger partial charge in [-0.1, -0.05) is 0 Å². The molecule has 2 aromatic rings. The Kier molecular flexibility index (Phi) is 3.48. The summed E-state index contributed by atoms with van der Waals surface area (Å²) in [5.41, 5.74) is 1.54. The molecule has 1 aromatic heterocycles. The molecule has 1 amide bonds. The second-order valence-electron chi connectivity index (χ2n) is 4.41. The van der Waals surface area contributed by atoms with Gasteiger partial charge in [-0.05, 0) is 52.3 Å². The Morgan fingerprint density at radius 2 is 2.00 bits per heavy atom. The highest BCUT2D eigenvalue weighted by Crippen LogP contribution is 2.36. The first-order chi connectivity index (χ1) is 9.84. The molecule has 21 heavy (non-hydrogen) atoms.